The van der Waals surface area contributed by atoms with Gasteiger partial charge in [0.05, 0.1) is 13.2 Å². The highest BCUT2D eigenvalue weighted by atomic mass is 32.1. The predicted molar refractivity (Wildman–Crippen MR) is 208 cm³/mol. The Hall–Kier alpha value is -3.25. The number of nitrogens with zero attached hydrogens (tertiary/aromatic N) is 3. The van der Waals surface area contributed by atoms with Crippen molar-refractivity contribution in [2.45, 2.75) is 144 Å². The highest BCUT2D eigenvalue weighted by Gasteiger charge is 2.51. The van der Waals surface area contributed by atoms with Crippen LogP contribution in [0, 0.1) is 5.92 Å². The Balaban J connectivity index is 0.963. The third-order valence-corrected chi connectivity index (χ3v) is 12.2. The summed E-state index contributed by atoms with van der Waals surface area (Å²) in [6.45, 7) is -0.910. The van der Waals surface area contributed by atoms with E-state index in [1.165, 1.54) is 0 Å². The van der Waals surface area contributed by atoms with E-state index in [-0.39, 0.29) is 36.7 Å². The molecule has 4 fully saturated rings. The van der Waals surface area contributed by atoms with E-state index in [1.807, 2.05) is 30.3 Å². The standard InChI is InChI=1S/C39H57N5O14S/c45-19-24-29(48)30(49)32(51)39(56-24)58-34-25(20-46)57-38(33(52)31(34)50)55-18-9-3-8-16-26(47)40-28(22-13-6-2-7-14-22)37(54)44-17-10-15-23(44)35(53)41-36-27(42-43-59-36)21-11-4-1-5-12-21/h1,4-5,11-12,22-25,28-34,38-39,45-46,48-52H,2-3,6-10,13-20H2,(H,40,47)(H,41,53)/t23-,24?,25?,28-,29-,30-,31+,32?,33?,34+,38+,39-/m0/s1. The molecule has 20 heteroatoms. The quantitative estimate of drug-likeness (QED) is 0.0899. The Morgan fingerprint density at radius 1 is 0.831 bits per heavy atom. The monoisotopic (exact) mass is 851 g/mol. The first-order valence-electron chi connectivity index (χ1n) is 20.5. The number of carbonyl (C=O) groups excluding carboxylic acids is 3. The molecule has 0 radical (unpaired) electrons. The number of carbonyl (C=O) groups is 3. The number of nitrogens with one attached hydrogen (secondary N) is 2. The Bertz CT molecular complexity index is 1650. The number of amides is 3. The lowest BCUT2D eigenvalue weighted by Gasteiger charge is -2.45. The molecule has 4 heterocycles. The van der Waals surface area contributed by atoms with Crippen LogP contribution in [0.25, 0.3) is 11.3 Å². The molecule has 1 aromatic heterocycles. The number of aromatic nitrogens is 2. The van der Waals surface area contributed by atoms with Gasteiger partial charge in [-0.15, -0.1) is 5.10 Å². The number of anilines is 1. The fourth-order valence-electron chi connectivity index (χ4n) is 8.29. The first-order chi connectivity index (χ1) is 28.5. The van der Waals surface area contributed by atoms with Gasteiger partial charge < -0.3 is 70.2 Å². The van der Waals surface area contributed by atoms with Crippen molar-refractivity contribution in [3.8, 4) is 11.3 Å². The Kier molecular flexibility index (Phi) is 16.5. The van der Waals surface area contributed by atoms with Gasteiger partial charge in [-0.3, -0.25) is 14.4 Å². The van der Waals surface area contributed by atoms with Gasteiger partial charge >= 0.3 is 0 Å². The molecule has 3 amide bonds. The van der Waals surface area contributed by atoms with Gasteiger partial charge in [0.1, 0.15) is 71.6 Å². The number of likely N-dealkylation sites (tertiary alicyclic amines) is 1. The SMILES string of the molecule is O=C(CCCCCO[C@@H]1OC(CO)[C@@H](O[C@@H]2OC(CO)[C@H](O)[C@H](O)C2O)[C@H](O)C1O)N[C@H](C(=O)N1CCC[C@H]1C(=O)Nc1snnc1-c1ccccc1)C1CCCCC1. The minimum absolute atomic E-state index is 0.0458. The Morgan fingerprint density at radius 3 is 2.27 bits per heavy atom. The van der Waals surface area contributed by atoms with Crippen LogP contribution in [-0.2, 0) is 33.3 Å². The van der Waals surface area contributed by atoms with Crippen LogP contribution >= 0.6 is 11.5 Å². The minimum atomic E-state index is -1.77. The molecule has 12 atom stereocenters. The fraction of sp³-hybridized carbons (Fsp3) is 0.718. The van der Waals surface area contributed by atoms with Crippen molar-refractivity contribution >= 4 is 34.3 Å². The zero-order valence-corrected chi connectivity index (χ0v) is 33.6. The largest absolute Gasteiger partial charge is 0.394 e. The van der Waals surface area contributed by atoms with E-state index in [1.54, 1.807) is 4.90 Å². The highest BCUT2D eigenvalue weighted by molar-refractivity contribution is 7.10. The number of aliphatic hydroxyl groups is 7. The molecule has 9 N–H and O–H groups in total. The number of hydrogen-bond donors (Lipinski definition) is 9. The van der Waals surface area contributed by atoms with E-state index in [0.717, 1.165) is 49.2 Å². The van der Waals surface area contributed by atoms with Gasteiger partial charge in [-0.1, -0.05) is 60.5 Å². The lowest BCUT2D eigenvalue weighted by Crippen LogP contribution is -2.64. The van der Waals surface area contributed by atoms with Crippen molar-refractivity contribution in [2.75, 3.05) is 31.7 Å². The third kappa shape index (κ3) is 11.0. The number of hydrogen-bond acceptors (Lipinski definition) is 17. The Labute approximate surface area is 345 Å². The molecule has 3 aliphatic heterocycles. The summed E-state index contributed by atoms with van der Waals surface area (Å²) >= 11 is 1.07. The van der Waals surface area contributed by atoms with Crippen LogP contribution in [0.3, 0.4) is 0 Å². The van der Waals surface area contributed by atoms with Gasteiger partial charge in [0, 0.05) is 36.7 Å². The van der Waals surface area contributed by atoms with Crippen LogP contribution in [0.15, 0.2) is 30.3 Å². The van der Waals surface area contributed by atoms with Crippen molar-refractivity contribution in [1.82, 2.24) is 19.8 Å². The van der Waals surface area contributed by atoms with Gasteiger partial charge in [0.25, 0.3) is 0 Å². The summed E-state index contributed by atoms with van der Waals surface area (Å²) in [5.41, 5.74) is 1.37. The average Bonchev–Trinajstić information content (AvgIpc) is 3.94. The van der Waals surface area contributed by atoms with E-state index in [9.17, 15) is 50.1 Å². The van der Waals surface area contributed by atoms with Gasteiger partial charge in [-0.2, -0.15) is 0 Å². The Morgan fingerprint density at radius 2 is 1.54 bits per heavy atom. The molecule has 0 bridgehead atoms. The molecule has 4 unspecified atom stereocenters. The lowest BCUT2D eigenvalue weighted by molar-refractivity contribution is -0.359. The van der Waals surface area contributed by atoms with E-state index >= 15 is 0 Å². The number of benzene rings is 1. The molecule has 0 spiro atoms. The van der Waals surface area contributed by atoms with Crippen molar-refractivity contribution in [2.24, 2.45) is 5.92 Å². The van der Waals surface area contributed by atoms with E-state index < -0.39 is 86.7 Å². The molecule has 19 nitrogen and oxygen atoms in total. The van der Waals surface area contributed by atoms with Gasteiger partial charge in [0.15, 0.2) is 12.6 Å². The second kappa shape index (κ2) is 21.5. The molecule has 2 aromatic rings. The van der Waals surface area contributed by atoms with E-state index in [2.05, 4.69) is 20.2 Å². The van der Waals surface area contributed by atoms with Gasteiger partial charge in [-0.05, 0) is 44.4 Å². The van der Waals surface area contributed by atoms with Crippen molar-refractivity contribution in [3.05, 3.63) is 30.3 Å². The summed E-state index contributed by atoms with van der Waals surface area (Å²) in [6, 6.07) is 7.95. The van der Waals surface area contributed by atoms with Crippen molar-refractivity contribution in [1.29, 1.82) is 0 Å². The maximum Gasteiger partial charge on any atom is 0.247 e. The summed E-state index contributed by atoms with van der Waals surface area (Å²) in [6.07, 6.45) is -8.11. The maximum atomic E-state index is 14.2. The molecular weight excluding hydrogens is 795 g/mol. The first kappa shape index (κ1) is 45.3. The number of unbranched alkanes of at least 4 members (excludes halogenated alkanes) is 2. The molecule has 1 saturated carbocycles. The smallest absolute Gasteiger partial charge is 0.247 e. The lowest BCUT2D eigenvalue weighted by atomic mass is 9.83. The number of ether oxygens (including phenoxy) is 4. The predicted octanol–water partition coefficient (Wildman–Crippen LogP) is -0.599. The zero-order valence-electron chi connectivity index (χ0n) is 32.7. The van der Waals surface area contributed by atoms with Crippen LogP contribution in [0.5, 0.6) is 0 Å². The zero-order chi connectivity index (χ0) is 42.1. The number of aliphatic hydroxyl groups excluding tert-OH is 7. The first-order valence-corrected chi connectivity index (χ1v) is 21.3. The second-order valence-corrected chi connectivity index (χ2v) is 16.4. The average molecular weight is 852 g/mol. The topological polar surface area (TPSA) is 283 Å². The molecule has 1 aliphatic carbocycles. The summed E-state index contributed by atoms with van der Waals surface area (Å²) in [5.74, 6) is -0.889. The normalized spacial score (nSPS) is 32.1. The summed E-state index contributed by atoms with van der Waals surface area (Å²) < 4.78 is 26.3. The van der Waals surface area contributed by atoms with Gasteiger partial charge in [0.2, 0.25) is 17.7 Å². The highest BCUT2D eigenvalue weighted by Crippen LogP contribution is 2.33. The van der Waals surface area contributed by atoms with Crippen molar-refractivity contribution < 1.29 is 69.1 Å². The second-order valence-electron chi connectivity index (χ2n) is 15.6. The third-order valence-electron chi connectivity index (χ3n) is 11.6. The molecular formula is C39H57N5O14S. The summed E-state index contributed by atoms with van der Waals surface area (Å²) in [7, 11) is 0. The minimum Gasteiger partial charge on any atom is -0.394 e. The van der Waals surface area contributed by atoms with Crippen LogP contribution in [-0.4, -0.2) is 168 Å². The fourth-order valence-corrected chi connectivity index (χ4v) is 8.88. The number of rotatable bonds is 17. The molecule has 3 saturated heterocycles. The molecule has 59 heavy (non-hydrogen) atoms. The maximum absolute atomic E-state index is 14.2. The van der Waals surface area contributed by atoms with Crippen LogP contribution in [0.2, 0.25) is 0 Å². The molecule has 1 aromatic carbocycles. The van der Waals surface area contributed by atoms with E-state index in [4.69, 9.17) is 18.9 Å². The van der Waals surface area contributed by atoms with Gasteiger partial charge in [-0.25, -0.2) is 0 Å². The van der Waals surface area contributed by atoms with Crippen LogP contribution < -0.4 is 10.6 Å². The van der Waals surface area contributed by atoms with E-state index in [0.29, 0.717) is 49.3 Å². The molecule has 4 aliphatic rings. The molecule has 6 rings (SSSR count). The van der Waals surface area contributed by atoms with Crippen LogP contribution in [0.1, 0.15) is 70.6 Å². The van der Waals surface area contributed by atoms with Crippen LogP contribution in [0.4, 0.5) is 5.00 Å². The van der Waals surface area contributed by atoms with Crippen molar-refractivity contribution in [3.63, 3.8) is 0 Å². The summed E-state index contributed by atoms with van der Waals surface area (Å²) in [4.78, 5) is 42.8. The molecule has 328 valence electrons. The summed E-state index contributed by atoms with van der Waals surface area (Å²) in [5, 5.41) is 82.1.